The van der Waals surface area contributed by atoms with E-state index in [0.29, 0.717) is 30.1 Å². The summed E-state index contributed by atoms with van der Waals surface area (Å²) >= 11 is 1.48. The fourth-order valence-corrected chi connectivity index (χ4v) is 7.93. The molecule has 164 valence electrons. The van der Waals surface area contributed by atoms with Gasteiger partial charge in [-0.05, 0) is 74.9 Å². The van der Waals surface area contributed by atoms with Gasteiger partial charge in [0.15, 0.2) is 10.9 Å². The molecule has 7 atom stereocenters. The number of cyclic esters (lactones) is 1. The second-order valence-corrected chi connectivity index (χ2v) is 11.8. The van der Waals surface area contributed by atoms with Gasteiger partial charge >= 0.3 is 5.97 Å². The zero-order valence-corrected chi connectivity index (χ0v) is 19.4. The third kappa shape index (κ3) is 3.94. The molecular formula is C25H34O4S. The molecule has 0 radical (unpaired) electrons. The average Bonchev–Trinajstić information content (AvgIpc) is 3.01. The number of esters is 1. The highest BCUT2D eigenvalue weighted by atomic mass is 32.2. The summed E-state index contributed by atoms with van der Waals surface area (Å²) in [4.78, 5) is 35.9. The molecule has 5 heteroatoms. The first kappa shape index (κ1) is 21.9. The van der Waals surface area contributed by atoms with E-state index in [1.807, 2.05) is 6.08 Å². The molecule has 6 unspecified atom stereocenters. The van der Waals surface area contributed by atoms with Gasteiger partial charge in [-0.2, -0.15) is 0 Å². The van der Waals surface area contributed by atoms with E-state index < -0.39 is 0 Å². The highest BCUT2D eigenvalue weighted by Crippen LogP contribution is 2.60. The fourth-order valence-electron chi connectivity index (χ4n) is 6.69. The summed E-state index contributed by atoms with van der Waals surface area (Å²) in [6, 6.07) is 0. The molecule has 4 aliphatic rings. The molecule has 4 rings (SSSR count). The van der Waals surface area contributed by atoms with E-state index in [1.165, 1.54) is 23.8 Å². The monoisotopic (exact) mass is 430 g/mol. The highest BCUT2D eigenvalue weighted by Gasteiger charge is 2.54. The number of allylic oxidation sites excluding steroid dienone is 4. The Morgan fingerprint density at radius 2 is 2.03 bits per heavy atom. The van der Waals surface area contributed by atoms with Gasteiger partial charge < -0.3 is 4.74 Å². The first-order chi connectivity index (χ1) is 14.1. The fraction of sp³-hybridized carbons (Fsp3) is 0.720. The van der Waals surface area contributed by atoms with Crippen molar-refractivity contribution in [3.8, 4) is 0 Å². The maximum absolute atomic E-state index is 12.1. The van der Waals surface area contributed by atoms with Crippen LogP contribution in [0.15, 0.2) is 23.8 Å². The van der Waals surface area contributed by atoms with Crippen LogP contribution in [0.5, 0.6) is 0 Å². The quantitative estimate of drug-likeness (QED) is 0.569. The zero-order valence-electron chi connectivity index (χ0n) is 18.6. The van der Waals surface area contributed by atoms with Crippen LogP contribution in [0.25, 0.3) is 0 Å². The third-order valence-corrected chi connectivity index (χ3v) is 9.50. The van der Waals surface area contributed by atoms with Gasteiger partial charge in [-0.1, -0.05) is 43.7 Å². The Balaban J connectivity index is 1.63. The van der Waals surface area contributed by atoms with Crippen LogP contribution in [-0.2, 0) is 19.1 Å². The van der Waals surface area contributed by atoms with E-state index in [-0.39, 0.29) is 33.1 Å². The van der Waals surface area contributed by atoms with Crippen molar-refractivity contribution in [3.63, 3.8) is 0 Å². The minimum Gasteiger partial charge on any atom is -0.459 e. The van der Waals surface area contributed by atoms with Crippen LogP contribution in [0.4, 0.5) is 0 Å². The molecule has 0 aromatic heterocycles. The van der Waals surface area contributed by atoms with Crippen LogP contribution in [0.3, 0.4) is 0 Å². The average molecular weight is 431 g/mol. The van der Waals surface area contributed by atoms with Crippen LogP contribution in [-0.4, -0.2) is 27.7 Å². The Kier molecular flexibility index (Phi) is 5.80. The van der Waals surface area contributed by atoms with E-state index in [4.69, 9.17) is 4.74 Å². The van der Waals surface area contributed by atoms with E-state index in [9.17, 15) is 14.4 Å². The van der Waals surface area contributed by atoms with Gasteiger partial charge in [0.05, 0.1) is 0 Å². The molecule has 0 amide bonds. The standard InChI is InChI=1S/C25H34O4S/c1-15-5-6-20-23(19(15)8-10-24(3)11-9-22(28)29-24)21(30-16(2)26)14-17-13-18(27)7-12-25(17,20)4/h7,12-13,15,19-21,23H,5-6,8-11,14H2,1-4H3/t15?,19?,20?,21-,23?,24?,25?/m1/s1. The molecule has 0 aromatic rings. The maximum atomic E-state index is 12.1. The molecule has 0 aromatic carbocycles. The van der Waals surface area contributed by atoms with Crippen molar-refractivity contribution in [3.05, 3.63) is 23.8 Å². The van der Waals surface area contributed by atoms with E-state index in [1.54, 1.807) is 13.0 Å². The predicted molar refractivity (Wildman–Crippen MR) is 119 cm³/mol. The molecule has 1 aliphatic heterocycles. The topological polar surface area (TPSA) is 60.4 Å². The van der Waals surface area contributed by atoms with Crippen molar-refractivity contribution in [1.29, 1.82) is 0 Å². The van der Waals surface area contributed by atoms with Crippen LogP contribution in [0, 0.1) is 29.1 Å². The largest absolute Gasteiger partial charge is 0.459 e. The molecule has 3 aliphatic carbocycles. The Morgan fingerprint density at radius 1 is 1.27 bits per heavy atom. The number of thioether (sulfide) groups is 1. The van der Waals surface area contributed by atoms with Gasteiger partial charge in [0.25, 0.3) is 0 Å². The number of carbonyl (C=O) groups excluding carboxylic acids is 3. The summed E-state index contributed by atoms with van der Waals surface area (Å²) in [7, 11) is 0. The maximum Gasteiger partial charge on any atom is 0.306 e. The smallest absolute Gasteiger partial charge is 0.306 e. The van der Waals surface area contributed by atoms with Gasteiger partial charge in [0, 0.05) is 24.0 Å². The van der Waals surface area contributed by atoms with Gasteiger partial charge in [-0.15, -0.1) is 0 Å². The van der Waals surface area contributed by atoms with Crippen molar-refractivity contribution in [1.82, 2.24) is 0 Å². The lowest BCUT2D eigenvalue weighted by Gasteiger charge is -2.57. The number of hydrogen-bond acceptors (Lipinski definition) is 5. The van der Waals surface area contributed by atoms with Crippen LogP contribution in [0.2, 0.25) is 0 Å². The molecular weight excluding hydrogens is 396 g/mol. The number of rotatable bonds is 4. The Bertz CT molecular complexity index is 814. The first-order valence-electron chi connectivity index (χ1n) is 11.4. The molecule has 0 N–H and O–H groups in total. The lowest BCUT2D eigenvalue weighted by atomic mass is 9.50. The lowest BCUT2D eigenvalue weighted by molar-refractivity contribution is -0.148. The molecule has 0 spiro atoms. The number of carbonyl (C=O) groups is 3. The van der Waals surface area contributed by atoms with Gasteiger partial charge in [0.1, 0.15) is 5.60 Å². The van der Waals surface area contributed by atoms with E-state index in [0.717, 1.165) is 32.1 Å². The second kappa shape index (κ2) is 7.96. The second-order valence-electron chi connectivity index (χ2n) is 10.4. The third-order valence-electron chi connectivity index (χ3n) is 8.39. The molecule has 4 nitrogen and oxygen atoms in total. The minimum atomic E-state index is -0.340. The van der Waals surface area contributed by atoms with Gasteiger partial charge in [-0.3, -0.25) is 14.4 Å². The van der Waals surface area contributed by atoms with Gasteiger partial charge in [0.2, 0.25) is 0 Å². The molecule has 3 fully saturated rings. The molecule has 1 saturated heterocycles. The number of ether oxygens (including phenoxy) is 1. The van der Waals surface area contributed by atoms with Crippen molar-refractivity contribution in [2.45, 2.75) is 83.5 Å². The first-order valence-corrected chi connectivity index (χ1v) is 12.3. The lowest BCUT2D eigenvalue weighted by Crippen LogP contribution is -2.51. The highest BCUT2D eigenvalue weighted by molar-refractivity contribution is 8.14. The molecule has 1 heterocycles. The number of fused-ring (bicyclic) bond motifs is 3. The Hall–Kier alpha value is -1.36. The molecule has 2 saturated carbocycles. The van der Waals surface area contributed by atoms with Crippen LogP contribution < -0.4 is 0 Å². The summed E-state index contributed by atoms with van der Waals surface area (Å²) in [5.41, 5.74) is 0.780. The minimum absolute atomic E-state index is 0.0733. The van der Waals surface area contributed by atoms with E-state index >= 15 is 0 Å². The Labute approximate surface area is 184 Å². The summed E-state index contributed by atoms with van der Waals surface area (Å²) in [5, 5.41) is 0.382. The number of hydrogen-bond donors (Lipinski definition) is 0. The predicted octanol–water partition coefficient (Wildman–Crippen LogP) is 5.26. The van der Waals surface area contributed by atoms with Gasteiger partial charge in [-0.25, -0.2) is 0 Å². The van der Waals surface area contributed by atoms with Crippen LogP contribution in [0.1, 0.15) is 72.6 Å². The van der Waals surface area contributed by atoms with Crippen molar-refractivity contribution < 1.29 is 19.1 Å². The van der Waals surface area contributed by atoms with E-state index in [2.05, 4.69) is 26.8 Å². The van der Waals surface area contributed by atoms with Crippen molar-refractivity contribution in [2.75, 3.05) is 0 Å². The number of ketones is 1. The summed E-state index contributed by atoms with van der Waals surface area (Å²) in [6.07, 6.45) is 12.1. The SMILES string of the molecule is CC(=O)S[C@@H]1CC2=CC(=O)C=CC2(C)C2CCC(C)C(CCC3(C)CCC(=O)O3)C21. The molecule has 0 bridgehead atoms. The summed E-state index contributed by atoms with van der Waals surface area (Å²) in [6.45, 7) is 8.38. The Morgan fingerprint density at radius 3 is 2.70 bits per heavy atom. The van der Waals surface area contributed by atoms with Crippen molar-refractivity contribution >= 4 is 28.6 Å². The van der Waals surface area contributed by atoms with Crippen molar-refractivity contribution in [2.24, 2.45) is 29.1 Å². The summed E-state index contributed by atoms with van der Waals surface area (Å²) < 4.78 is 5.66. The van der Waals surface area contributed by atoms with Crippen LogP contribution >= 0.6 is 11.8 Å². The summed E-state index contributed by atoms with van der Waals surface area (Å²) in [5.74, 6) is 1.96. The molecule has 30 heavy (non-hydrogen) atoms. The normalized spacial score (nSPS) is 42.9. The zero-order chi connectivity index (χ0) is 21.7.